The highest BCUT2D eigenvalue weighted by atomic mass is 16.5. The summed E-state index contributed by atoms with van der Waals surface area (Å²) in [6.45, 7) is 1.43. The summed E-state index contributed by atoms with van der Waals surface area (Å²) in [4.78, 5) is 16.7. The van der Waals surface area contributed by atoms with Crippen LogP contribution in [-0.4, -0.2) is 30.1 Å². The van der Waals surface area contributed by atoms with Crippen LogP contribution in [0, 0.1) is 11.3 Å². The van der Waals surface area contributed by atoms with Crippen molar-refractivity contribution in [3.05, 3.63) is 59.9 Å². The molecule has 0 amide bonds. The van der Waals surface area contributed by atoms with E-state index in [1.807, 2.05) is 6.07 Å². The first-order valence-corrected chi connectivity index (χ1v) is 7.97. The van der Waals surface area contributed by atoms with E-state index in [0.29, 0.717) is 11.3 Å². The third kappa shape index (κ3) is 3.79. The molecule has 1 aromatic carbocycles. The Balaban J connectivity index is 1.70. The van der Waals surface area contributed by atoms with Gasteiger partial charge in [-0.15, -0.1) is 0 Å². The Morgan fingerprint density at radius 2 is 1.96 bits per heavy atom. The summed E-state index contributed by atoms with van der Waals surface area (Å²) in [6, 6.07) is 14.2. The number of rotatable bonds is 5. The van der Waals surface area contributed by atoms with Gasteiger partial charge in [0.25, 0.3) is 0 Å². The molecule has 5 nitrogen and oxygen atoms in total. The molecule has 1 aliphatic heterocycles. The van der Waals surface area contributed by atoms with E-state index in [9.17, 15) is 10.1 Å². The molecule has 1 fully saturated rings. The topological polar surface area (TPSA) is 72.2 Å². The molecule has 122 valence electrons. The van der Waals surface area contributed by atoms with Crippen molar-refractivity contribution in [3.8, 4) is 11.8 Å². The summed E-state index contributed by atoms with van der Waals surface area (Å²) in [6.07, 6.45) is 3.48. The summed E-state index contributed by atoms with van der Waals surface area (Å²) >= 11 is 0. The summed E-state index contributed by atoms with van der Waals surface area (Å²) in [7, 11) is 0. The number of nitriles is 1. The molecular weight excluding hydrogens is 304 g/mol. The molecule has 1 aliphatic rings. The predicted octanol–water partition coefficient (Wildman–Crippen LogP) is 3.13. The molecule has 24 heavy (non-hydrogen) atoms. The van der Waals surface area contributed by atoms with Crippen molar-refractivity contribution in [2.24, 2.45) is 0 Å². The van der Waals surface area contributed by atoms with Crippen molar-refractivity contribution in [2.75, 3.05) is 13.2 Å². The van der Waals surface area contributed by atoms with Crippen LogP contribution in [0.3, 0.4) is 0 Å². The maximum absolute atomic E-state index is 12.6. The van der Waals surface area contributed by atoms with E-state index in [0.717, 1.165) is 31.8 Å². The first-order chi connectivity index (χ1) is 11.8. The van der Waals surface area contributed by atoms with Gasteiger partial charge in [-0.3, -0.25) is 9.78 Å². The van der Waals surface area contributed by atoms with Crippen molar-refractivity contribution in [1.82, 2.24) is 4.98 Å². The smallest absolute Gasteiger partial charge is 0.186 e. The maximum atomic E-state index is 12.6. The number of hydrogen-bond donors (Lipinski definition) is 0. The number of ether oxygens (including phenoxy) is 2. The molecule has 2 aromatic rings. The molecule has 1 aromatic heterocycles. The number of benzene rings is 1. The molecule has 0 radical (unpaired) electrons. The normalized spacial score (nSPS) is 16.1. The Morgan fingerprint density at radius 3 is 2.58 bits per heavy atom. The van der Waals surface area contributed by atoms with Crippen LogP contribution < -0.4 is 4.74 Å². The highest BCUT2D eigenvalue weighted by Crippen LogP contribution is 2.22. The lowest BCUT2D eigenvalue weighted by Gasteiger charge is -2.23. The van der Waals surface area contributed by atoms with Gasteiger partial charge in [0.15, 0.2) is 11.7 Å². The summed E-state index contributed by atoms with van der Waals surface area (Å²) in [5.74, 6) is -0.424. The monoisotopic (exact) mass is 322 g/mol. The lowest BCUT2D eigenvalue weighted by Crippen LogP contribution is -2.25. The van der Waals surface area contributed by atoms with E-state index in [1.54, 1.807) is 48.7 Å². The lowest BCUT2D eigenvalue weighted by molar-refractivity contribution is 0.0256. The third-order valence-electron chi connectivity index (χ3n) is 3.98. The van der Waals surface area contributed by atoms with Gasteiger partial charge in [0, 0.05) is 24.6 Å². The minimum atomic E-state index is -0.895. The van der Waals surface area contributed by atoms with Crippen molar-refractivity contribution < 1.29 is 14.3 Å². The van der Waals surface area contributed by atoms with Gasteiger partial charge in [-0.1, -0.05) is 6.07 Å². The van der Waals surface area contributed by atoms with Gasteiger partial charge >= 0.3 is 0 Å². The van der Waals surface area contributed by atoms with Gasteiger partial charge in [-0.25, -0.2) is 0 Å². The largest absolute Gasteiger partial charge is 0.490 e. The SMILES string of the molecule is N#CC(C(=O)c1ccc(OC2CCOCC2)cc1)c1ccccn1. The molecular formula is C19H18N2O3. The third-order valence-corrected chi connectivity index (χ3v) is 3.98. The number of ketones is 1. The van der Waals surface area contributed by atoms with Crippen molar-refractivity contribution in [3.63, 3.8) is 0 Å². The lowest BCUT2D eigenvalue weighted by atomic mass is 9.95. The van der Waals surface area contributed by atoms with Crippen LogP contribution in [0.5, 0.6) is 5.75 Å². The van der Waals surface area contributed by atoms with Crippen LogP contribution in [0.2, 0.25) is 0 Å². The molecule has 1 atom stereocenters. The molecule has 3 rings (SSSR count). The van der Waals surface area contributed by atoms with Gasteiger partial charge in [-0.05, 0) is 36.4 Å². The highest BCUT2D eigenvalue weighted by molar-refractivity contribution is 6.02. The fourth-order valence-electron chi connectivity index (χ4n) is 2.66. The fourth-order valence-corrected chi connectivity index (χ4v) is 2.66. The standard InChI is InChI=1S/C19H18N2O3/c20-13-17(18-3-1-2-10-21-18)19(22)14-4-6-15(7-5-14)24-16-8-11-23-12-9-16/h1-7,10,16-17H,8-9,11-12H2. The first kappa shape index (κ1) is 16.2. The van der Waals surface area contributed by atoms with Crippen LogP contribution in [-0.2, 0) is 4.74 Å². The van der Waals surface area contributed by atoms with Crippen molar-refractivity contribution >= 4 is 5.78 Å². The van der Waals surface area contributed by atoms with E-state index in [1.165, 1.54) is 0 Å². The molecule has 0 aliphatic carbocycles. The Bertz CT molecular complexity index is 717. The van der Waals surface area contributed by atoms with Crippen LogP contribution in [0.4, 0.5) is 0 Å². The van der Waals surface area contributed by atoms with E-state index >= 15 is 0 Å². The van der Waals surface area contributed by atoms with Gasteiger partial charge in [0.05, 0.1) is 25.0 Å². The minimum absolute atomic E-state index is 0.153. The fraction of sp³-hybridized carbons (Fsp3) is 0.316. The van der Waals surface area contributed by atoms with Gasteiger partial charge < -0.3 is 9.47 Å². The second kappa shape index (κ2) is 7.71. The molecule has 0 saturated carbocycles. The molecule has 1 saturated heterocycles. The van der Waals surface area contributed by atoms with E-state index in [-0.39, 0.29) is 11.9 Å². The second-order valence-corrected chi connectivity index (χ2v) is 5.63. The second-order valence-electron chi connectivity index (χ2n) is 5.63. The van der Waals surface area contributed by atoms with Crippen LogP contribution in [0.15, 0.2) is 48.7 Å². The number of nitrogens with zero attached hydrogens (tertiary/aromatic N) is 2. The Kier molecular flexibility index (Phi) is 5.19. The van der Waals surface area contributed by atoms with Crippen LogP contribution in [0.25, 0.3) is 0 Å². The zero-order chi connectivity index (χ0) is 16.8. The summed E-state index contributed by atoms with van der Waals surface area (Å²) < 4.78 is 11.2. The molecule has 0 spiro atoms. The van der Waals surface area contributed by atoms with Crippen molar-refractivity contribution in [1.29, 1.82) is 5.26 Å². The van der Waals surface area contributed by atoms with E-state index < -0.39 is 5.92 Å². The molecule has 5 heteroatoms. The number of carbonyl (C=O) groups excluding carboxylic acids is 1. The minimum Gasteiger partial charge on any atom is -0.490 e. The van der Waals surface area contributed by atoms with E-state index in [2.05, 4.69) is 4.98 Å². The number of hydrogen-bond acceptors (Lipinski definition) is 5. The zero-order valence-electron chi connectivity index (χ0n) is 13.2. The molecule has 2 heterocycles. The number of carbonyl (C=O) groups is 1. The zero-order valence-corrected chi connectivity index (χ0v) is 13.2. The summed E-state index contributed by atoms with van der Waals surface area (Å²) in [5, 5.41) is 9.33. The maximum Gasteiger partial charge on any atom is 0.186 e. The van der Waals surface area contributed by atoms with Crippen LogP contribution >= 0.6 is 0 Å². The van der Waals surface area contributed by atoms with Gasteiger partial charge in [-0.2, -0.15) is 5.26 Å². The molecule has 1 unspecified atom stereocenters. The summed E-state index contributed by atoms with van der Waals surface area (Å²) in [5.41, 5.74) is 0.944. The average Bonchev–Trinajstić information content (AvgIpc) is 2.65. The highest BCUT2D eigenvalue weighted by Gasteiger charge is 2.23. The Morgan fingerprint density at radius 1 is 1.21 bits per heavy atom. The molecule has 0 N–H and O–H groups in total. The van der Waals surface area contributed by atoms with Crippen LogP contribution in [0.1, 0.15) is 34.8 Å². The predicted molar refractivity (Wildman–Crippen MR) is 87.8 cm³/mol. The average molecular weight is 322 g/mol. The quantitative estimate of drug-likeness (QED) is 0.791. The Labute approximate surface area is 140 Å². The number of aromatic nitrogens is 1. The van der Waals surface area contributed by atoms with Crippen molar-refractivity contribution in [2.45, 2.75) is 24.9 Å². The van der Waals surface area contributed by atoms with Gasteiger partial charge in [0.2, 0.25) is 0 Å². The number of pyridine rings is 1. The first-order valence-electron chi connectivity index (χ1n) is 7.97. The molecule has 0 bridgehead atoms. The Hall–Kier alpha value is -2.71. The van der Waals surface area contributed by atoms with E-state index in [4.69, 9.17) is 9.47 Å². The van der Waals surface area contributed by atoms with Gasteiger partial charge in [0.1, 0.15) is 11.9 Å². The number of Topliss-reactive ketones (excluding diaryl/α,β-unsaturated/α-hetero) is 1.